The summed E-state index contributed by atoms with van der Waals surface area (Å²) in [5.74, 6) is 0.948. The van der Waals surface area contributed by atoms with Gasteiger partial charge in [0.25, 0.3) is 0 Å². The van der Waals surface area contributed by atoms with Gasteiger partial charge in [0, 0.05) is 52.4 Å². The highest BCUT2D eigenvalue weighted by atomic mass is 16.5. The zero-order valence-corrected chi connectivity index (χ0v) is 18.6. The predicted molar refractivity (Wildman–Crippen MR) is 117 cm³/mol. The summed E-state index contributed by atoms with van der Waals surface area (Å²) in [4.78, 5) is 31.8. The number of nitrogens with zero attached hydrogens (tertiary/aromatic N) is 3. The first-order valence-electron chi connectivity index (χ1n) is 11.0. The van der Waals surface area contributed by atoms with E-state index in [0.717, 1.165) is 38.5 Å². The molecule has 0 aromatic heterocycles. The van der Waals surface area contributed by atoms with Crippen LogP contribution in [0.2, 0.25) is 0 Å². The zero-order chi connectivity index (χ0) is 21.6. The lowest BCUT2D eigenvalue weighted by Crippen LogP contribution is -2.59. The summed E-state index contributed by atoms with van der Waals surface area (Å²) >= 11 is 0. The molecule has 0 radical (unpaired) electrons. The Morgan fingerprint density at radius 2 is 1.80 bits per heavy atom. The molecule has 0 unspecified atom stereocenters. The van der Waals surface area contributed by atoms with Gasteiger partial charge in [0.1, 0.15) is 12.4 Å². The van der Waals surface area contributed by atoms with Gasteiger partial charge in [-0.1, -0.05) is 39.0 Å². The van der Waals surface area contributed by atoms with Gasteiger partial charge < -0.3 is 15.0 Å². The maximum atomic E-state index is 12.9. The number of amides is 2. The SMILES string of the molecule is CC(C)(C)CN1CCNC(=O)[C@@H]1CC(=O)N1CCN(CCOc2ccccc2)CC1. The average molecular weight is 417 g/mol. The molecule has 1 aromatic rings. The fourth-order valence-corrected chi connectivity index (χ4v) is 4.11. The Morgan fingerprint density at radius 1 is 1.10 bits per heavy atom. The molecular formula is C23H36N4O3. The molecule has 1 atom stereocenters. The van der Waals surface area contributed by atoms with Crippen molar-refractivity contribution in [1.29, 1.82) is 0 Å². The Balaban J connectivity index is 1.43. The third-order valence-corrected chi connectivity index (χ3v) is 5.63. The Bertz CT molecular complexity index is 696. The number of para-hydroxylation sites is 1. The van der Waals surface area contributed by atoms with E-state index in [1.165, 1.54) is 0 Å². The van der Waals surface area contributed by atoms with Crippen LogP contribution in [0.4, 0.5) is 0 Å². The van der Waals surface area contributed by atoms with Crippen molar-refractivity contribution < 1.29 is 14.3 Å². The second-order valence-corrected chi connectivity index (χ2v) is 9.43. The second kappa shape index (κ2) is 10.3. The van der Waals surface area contributed by atoms with Crippen LogP contribution in [0, 0.1) is 5.41 Å². The van der Waals surface area contributed by atoms with Gasteiger partial charge in [0.05, 0.1) is 12.5 Å². The number of rotatable bonds is 7. The molecule has 7 heteroatoms. The Labute approximate surface area is 180 Å². The zero-order valence-electron chi connectivity index (χ0n) is 18.6. The number of ether oxygens (including phenoxy) is 1. The van der Waals surface area contributed by atoms with Crippen LogP contribution in [-0.4, -0.2) is 91.5 Å². The van der Waals surface area contributed by atoms with Gasteiger partial charge in [-0.25, -0.2) is 0 Å². The van der Waals surface area contributed by atoms with Gasteiger partial charge in [-0.3, -0.25) is 19.4 Å². The Morgan fingerprint density at radius 3 is 2.47 bits per heavy atom. The molecule has 2 aliphatic rings. The molecule has 1 aromatic carbocycles. The van der Waals surface area contributed by atoms with Crippen LogP contribution in [0.3, 0.4) is 0 Å². The standard InChI is InChI=1S/C23H36N4O3/c1-23(2,3)18-27-10-9-24-22(29)20(27)17-21(28)26-13-11-25(12-14-26)15-16-30-19-7-5-4-6-8-19/h4-8,20H,9-18H2,1-3H3,(H,24,29)/t20-/m0/s1. The van der Waals surface area contributed by atoms with E-state index in [9.17, 15) is 9.59 Å². The number of nitrogens with one attached hydrogen (secondary N) is 1. The molecule has 0 bridgehead atoms. The first kappa shape index (κ1) is 22.6. The van der Waals surface area contributed by atoms with E-state index in [1.807, 2.05) is 35.2 Å². The van der Waals surface area contributed by atoms with Crippen LogP contribution in [0.15, 0.2) is 30.3 Å². The molecule has 2 aliphatic heterocycles. The van der Waals surface area contributed by atoms with E-state index < -0.39 is 0 Å². The van der Waals surface area contributed by atoms with Crippen LogP contribution in [0.25, 0.3) is 0 Å². The largest absolute Gasteiger partial charge is 0.492 e. The van der Waals surface area contributed by atoms with E-state index in [-0.39, 0.29) is 29.7 Å². The molecular weight excluding hydrogens is 380 g/mol. The molecule has 0 aliphatic carbocycles. The fraction of sp³-hybridized carbons (Fsp3) is 0.652. The molecule has 166 valence electrons. The highest BCUT2D eigenvalue weighted by Gasteiger charge is 2.35. The number of hydrogen-bond donors (Lipinski definition) is 1. The number of piperazine rings is 2. The average Bonchev–Trinajstić information content (AvgIpc) is 2.71. The van der Waals surface area contributed by atoms with Gasteiger partial charge in [-0.2, -0.15) is 0 Å². The van der Waals surface area contributed by atoms with Crippen molar-refractivity contribution in [2.75, 3.05) is 59.0 Å². The molecule has 3 rings (SSSR count). The van der Waals surface area contributed by atoms with Crippen LogP contribution >= 0.6 is 0 Å². The number of hydrogen-bond acceptors (Lipinski definition) is 5. The topological polar surface area (TPSA) is 65.1 Å². The molecule has 2 saturated heterocycles. The van der Waals surface area contributed by atoms with Crippen molar-refractivity contribution in [2.24, 2.45) is 5.41 Å². The third-order valence-electron chi connectivity index (χ3n) is 5.63. The summed E-state index contributed by atoms with van der Waals surface area (Å²) in [6.07, 6.45) is 0.263. The summed E-state index contributed by atoms with van der Waals surface area (Å²) in [5, 5.41) is 2.93. The minimum Gasteiger partial charge on any atom is -0.492 e. The first-order chi connectivity index (χ1) is 14.3. The van der Waals surface area contributed by atoms with Gasteiger partial charge >= 0.3 is 0 Å². The van der Waals surface area contributed by atoms with Crippen molar-refractivity contribution in [1.82, 2.24) is 20.0 Å². The van der Waals surface area contributed by atoms with Crippen LogP contribution in [-0.2, 0) is 9.59 Å². The van der Waals surface area contributed by atoms with Crippen molar-refractivity contribution >= 4 is 11.8 Å². The molecule has 7 nitrogen and oxygen atoms in total. The van der Waals surface area contributed by atoms with Crippen molar-refractivity contribution in [3.8, 4) is 5.75 Å². The highest BCUT2D eigenvalue weighted by Crippen LogP contribution is 2.20. The van der Waals surface area contributed by atoms with E-state index in [2.05, 4.69) is 35.9 Å². The Kier molecular flexibility index (Phi) is 7.72. The van der Waals surface area contributed by atoms with Gasteiger partial charge in [0.15, 0.2) is 0 Å². The normalized spacial score (nSPS) is 21.4. The summed E-state index contributed by atoms with van der Waals surface area (Å²) < 4.78 is 5.77. The van der Waals surface area contributed by atoms with Gasteiger partial charge in [0.2, 0.25) is 11.8 Å². The summed E-state index contributed by atoms with van der Waals surface area (Å²) in [6.45, 7) is 13.3. The second-order valence-electron chi connectivity index (χ2n) is 9.43. The monoisotopic (exact) mass is 416 g/mol. The van der Waals surface area contributed by atoms with Crippen LogP contribution in [0.5, 0.6) is 5.75 Å². The predicted octanol–water partition coefficient (Wildman–Crippen LogP) is 1.45. The molecule has 0 spiro atoms. The molecule has 1 N–H and O–H groups in total. The third kappa shape index (κ3) is 6.71. The van der Waals surface area contributed by atoms with E-state index in [4.69, 9.17) is 4.74 Å². The quantitative estimate of drug-likeness (QED) is 0.729. The van der Waals surface area contributed by atoms with E-state index >= 15 is 0 Å². The molecule has 2 amide bonds. The van der Waals surface area contributed by atoms with E-state index in [1.54, 1.807) is 0 Å². The lowest BCUT2D eigenvalue weighted by Gasteiger charge is -2.40. The molecule has 30 heavy (non-hydrogen) atoms. The minimum absolute atomic E-state index is 0.0180. The van der Waals surface area contributed by atoms with Crippen LogP contribution < -0.4 is 10.1 Å². The fourth-order valence-electron chi connectivity index (χ4n) is 4.11. The van der Waals surface area contributed by atoms with Crippen LogP contribution in [0.1, 0.15) is 27.2 Å². The lowest BCUT2D eigenvalue weighted by molar-refractivity contribution is -0.140. The number of benzene rings is 1. The Hall–Kier alpha value is -2.12. The lowest BCUT2D eigenvalue weighted by atomic mass is 9.94. The number of carbonyl (C=O) groups is 2. The maximum absolute atomic E-state index is 12.9. The van der Waals surface area contributed by atoms with E-state index in [0.29, 0.717) is 26.2 Å². The van der Waals surface area contributed by atoms with Crippen molar-refractivity contribution in [3.05, 3.63) is 30.3 Å². The first-order valence-corrected chi connectivity index (χ1v) is 11.0. The molecule has 2 fully saturated rings. The summed E-state index contributed by atoms with van der Waals surface area (Å²) in [5.41, 5.74) is 0.0896. The van der Waals surface area contributed by atoms with Gasteiger partial charge in [-0.05, 0) is 17.5 Å². The molecule has 2 heterocycles. The molecule has 0 saturated carbocycles. The number of carbonyl (C=O) groups excluding carboxylic acids is 2. The van der Waals surface area contributed by atoms with Crippen molar-refractivity contribution in [3.63, 3.8) is 0 Å². The smallest absolute Gasteiger partial charge is 0.237 e. The maximum Gasteiger partial charge on any atom is 0.237 e. The summed E-state index contributed by atoms with van der Waals surface area (Å²) in [6, 6.07) is 9.47. The highest BCUT2D eigenvalue weighted by molar-refractivity contribution is 5.88. The summed E-state index contributed by atoms with van der Waals surface area (Å²) in [7, 11) is 0. The van der Waals surface area contributed by atoms with Gasteiger partial charge in [-0.15, -0.1) is 0 Å². The van der Waals surface area contributed by atoms with Crippen molar-refractivity contribution in [2.45, 2.75) is 33.2 Å². The minimum atomic E-state index is -0.359.